The Kier molecular flexibility index (Phi) is 6.40. The number of nitrogens with one attached hydrogen (secondary N) is 1. The fourth-order valence-electron chi connectivity index (χ4n) is 2.44. The van der Waals surface area contributed by atoms with E-state index in [1.165, 1.54) is 11.6 Å². The zero-order valence-electron chi connectivity index (χ0n) is 12.3. The summed E-state index contributed by atoms with van der Waals surface area (Å²) in [6, 6.07) is 15.8. The van der Waals surface area contributed by atoms with E-state index in [9.17, 15) is 4.39 Å². The fraction of sp³-hybridized carbons (Fsp3) is 0.333. The monoisotopic (exact) mass is 349 g/mol. The van der Waals surface area contributed by atoms with Gasteiger partial charge in [-0.15, -0.1) is 0 Å². The molecule has 0 aliphatic rings. The summed E-state index contributed by atoms with van der Waals surface area (Å²) in [5.74, 6) is 0.189. The molecule has 0 bridgehead atoms. The van der Waals surface area contributed by atoms with Crippen LogP contribution < -0.4 is 5.32 Å². The molecular weight excluding hydrogens is 329 g/mol. The van der Waals surface area contributed by atoms with Crippen molar-refractivity contribution in [1.29, 1.82) is 0 Å². The lowest BCUT2D eigenvalue weighted by Crippen LogP contribution is -2.23. The minimum Gasteiger partial charge on any atom is -0.316 e. The molecule has 0 aromatic heterocycles. The standard InChI is InChI=1S/C18H21BrFN/c1-2-10-21-13-16(15-6-4-3-5-7-15)11-14-8-9-18(20)17(19)12-14/h3-9,12,16,21H,2,10-11,13H2,1H3. The van der Waals surface area contributed by atoms with Gasteiger partial charge in [0.25, 0.3) is 0 Å². The van der Waals surface area contributed by atoms with Gasteiger partial charge in [0.1, 0.15) is 5.82 Å². The highest BCUT2D eigenvalue weighted by Crippen LogP contribution is 2.23. The third-order valence-electron chi connectivity index (χ3n) is 3.55. The van der Waals surface area contributed by atoms with E-state index in [-0.39, 0.29) is 5.82 Å². The van der Waals surface area contributed by atoms with Crippen molar-refractivity contribution >= 4 is 15.9 Å². The zero-order valence-corrected chi connectivity index (χ0v) is 13.9. The third-order valence-corrected chi connectivity index (χ3v) is 4.16. The van der Waals surface area contributed by atoms with Crippen LogP contribution in [0.4, 0.5) is 4.39 Å². The van der Waals surface area contributed by atoms with Crippen LogP contribution in [-0.4, -0.2) is 13.1 Å². The molecular formula is C18H21BrFN. The van der Waals surface area contributed by atoms with Gasteiger partial charge < -0.3 is 5.32 Å². The highest BCUT2D eigenvalue weighted by molar-refractivity contribution is 9.10. The molecule has 2 rings (SSSR count). The molecule has 0 radical (unpaired) electrons. The molecule has 1 nitrogen and oxygen atoms in total. The normalized spacial score (nSPS) is 12.3. The Morgan fingerprint density at radius 2 is 1.90 bits per heavy atom. The van der Waals surface area contributed by atoms with Crippen LogP contribution in [0.5, 0.6) is 0 Å². The first-order valence-electron chi connectivity index (χ1n) is 7.40. The number of hydrogen-bond donors (Lipinski definition) is 1. The van der Waals surface area contributed by atoms with Crippen molar-refractivity contribution in [3.05, 3.63) is 69.9 Å². The second-order valence-electron chi connectivity index (χ2n) is 5.26. The van der Waals surface area contributed by atoms with E-state index in [2.05, 4.69) is 52.4 Å². The van der Waals surface area contributed by atoms with Crippen LogP contribution in [0.1, 0.15) is 30.4 Å². The molecule has 0 amide bonds. The Hall–Kier alpha value is -1.19. The van der Waals surface area contributed by atoms with Crippen molar-refractivity contribution in [2.75, 3.05) is 13.1 Å². The van der Waals surface area contributed by atoms with Gasteiger partial charge in [-0.2, -0.15) is 0 Å². The zero-order chi connectivity index (χ0) is 15.1. The lowest BCUT2D eigenvalue weighted by molar-refractivity contribution is 0.575. The molecule has 0 spiro atoms. The molecule has 1 unspecified atom stereocenters. The Balaban J connectivity index is 2.13. The molecule has 0 heterocycles. The first kappa shape index (κ1) is 16.2. The highest BCUT2D eigenvalue weighted by atomic mass is 79.9. The predicted octanol–water partition coefficient (Wildman–Crippen LogP) is 4.91. The van der Waals surface area contributed by atoms with Crippen molar-refractivity contribution in [3.8, 4) is 0 Å². The topological polar surface area (TPSA) is 12.0 Å². The largest absolute Gasteiger partial charge is 0.316 e. The third kappa shape index (κ3) is 4.94. The van der Waals surface area contributed by atoms with Crippen molar-refractivity contribution in [2.24, 2.45) is 0 Å². The number of benzene rings is 2. The molecule has 0 fully saturated rings. The second kappa shape index (κ2) is 8.30. The van der Waals surface area contributed by atoms with Crippen LogP contribution in [0, 0.1) is 5.82 Å². The Labute approximate surface area is 134 Å². The lowest BCUT2D eigenvalue weighted by Gasteiger charge is -2.18. The molecule has 3 heteroatoms. The van der Waals surface area contributed by atoms with Crippen molar-refractivity contribution < 1.29 is 4.39 Å². The van der Waals surface area contributed by atoms with E-state index in [0.717, 1.165) is 31.5 Å². The van der Waals surface area contributed by atoms with E-state index in [4.69, 9.17) is 0 Å². The van der Waals surface area contributed by atoms with Crippen molar-refractivity contribution in [1.82, 2.24) is 5.32 Å². The van der Waals surface area contributed by atoms with Gasteiger partial charge in [-0.05, 0) is 58.6 Å². The summed E-state index contributed by atoms with van der Waals surface area (Å²) in [6.07, 6.45) is 2.03. The van der Waals surface area contributed by atoms with Crippen LogP contribution in [0.2, 0.25) is 0 Å². The highest BCUT2D eigenvalue weighted by Gasteiger charge is 2.13. The van der Waals surface area contributed by atoms with Gasteiger partial charge in [-0.25, -0.2) is 4.39 Å². The summed E-state index contributed by atoms with van der Waals surface area (Å²) in [7, 11) is 0. The fourth-order valence-corrected chi connectivity index (χ4v) is 2.86. The van der Waals surface area contributed by atoms with Crippen LogP contribution in [0.25, 0.3) is 0 Å². The quantitative estimate of drug-likeness (QED) is 0.700. The van der Waals surface area contributed by atoms with Crippen LogP contribution >= 0.6 is 15.9 Å². The van der Waals surface area contributed by atoms with E-state index in [1.807, 2.05) is 18.2 Å². The van der Waals surface area contributed by atoms with E-state index < -0.39 is 0 Å². The number of halogens is 2. The molecule has 0 aliphatic heterocycles. The van der Waals surface area contributed by atoms with E-state index in [1.54, 1.807) is 0 Å². The van der Waals surface area contributed by atoms with Gasteiger partial charge in [-0.3, -0.25) is 0 Å². The SMILES string of the molecule is CCCNCC(Cc1ccc(F)c(Br)c1)c1ccccc1. The average molecular weight is 350 g/mol. The summed E-state index contributed by atoms with van der Waals surface area (Å²) in [5.41, 5.74) is 2.47. The van der Waals surface area contributed by atoms with Crippen LogP contribution in [0.3, 0.4) is 0 Å². The number of rotatable bonds is 7. The molecule has 0 saturated carbocycles. The maximum Gasteiger partial charge on any atom is 0.137 e. The van der Waals surface area contributed by atoms with Crippen LogP contribution in [-0.2, 0) is 6.42 Å². The Morgan fingerprint density at radius 1 is 1.14 bits per heavy atom. The maximum atomic E-state index is 13.3. The minimum absolute atomic E-state index is 0.209. The molecule has 1 N–H and O–H groups in total. The van der Waals surface area contributed by atoms with Gasteiger partial charge in [0, 0.05) is 12.5 Å². The Bertz CT molecular complexity index is 556. The van der Waals surface area contributed by atoms with Gasteiger partial charge in [0.2, 0.25) is 0 Å². The van der Waals surface area contributed by atoms with Gasteiger partial charge in [-0.1, -0.05) is 43.3 Å². The van der Waals surface area contributed by atoms with Gasteiger partial charge >= 0.3 is 0 Å². The minimum atomic E-state index is -0.209. The summed E-state index contributed by atoms with van der Waals surface area (Å²) in [4.78, 5) is 0. The summed E-state index contributed by atoms with van der Waals surface area (Å²) >= 11 is 3.27. The summed E-state index contributed by atoms with van der Waals surface area (Å²) < 4.78 is 13.9. The molecule has 2 aromatic rings. The molecule has 0 saturated heterocycles. The van der Waals surface area contributed by atoms with Crippen molar-refractivity contribution in [3.63, 3.8) is 0 Å². The van der Waals surface area contributed by atoms with Gasteiger partial charge in [0.15, 0.2) is 0 Å². The molecule has 0 aliphatic carbocycles. The van der Waals surface area contributed by atoms with Gasteiger partial charge in [0.05, 0.1) is 4.47 Å². The summed E-state index contributed by atoms with van der Waals surface area (Å²) in [5, 5.41) is 3.49. The van der Waals surface area contributed by atoms with Crippen LogP contribution in [0.15, 0.2) is 53.0 Å². The van der Waals surface area contributed by atoms with E-state index >= 15 is 0 Å². The first-order chi connectivity index (χ1) is 10.2. The smallest absolute Gasteiger partial charge is 0.137 e. The maximum absolute atomic E-state index is 13.3. The molecule has 1 atom stereocenters. The van der Waals surface area contributed by atoms with E-state index in [0.29, 0.717) is 10.4 Å². The lowest BCUT2D eigenvalue weighted by atomic mass is 9.92. The first-order valence-corrected chi connectivity index (χ1v) is 8.19. The molecule has 2 aromatic carbocycles. The number of hydrogen-bond acceptors (Lipinski definition) is 1. The summed E-state index contributed by atoms with van der Waals surface area (Å²) in [6.45, 7) is 4.13. The average Bonchev–Trinajstić information content (AvgIpc) is 2.51. The Morgan fingerprint density at radius 3 is 2.57 bits per heavy atom. The van der Waals surface area contributed by atoms with Crippen molar-refractivity contribution in [2.45, 2.75) is 25.7 Å². The predicted molar refractivity (Wildman–Crippen MR) is 90.1 cm³/mol. The molecule has 21 heavy (non-hydrogen) atoms. The second-order valence-corrected chi connectivity index (χ2v) is 6.12. The molecule has 112 valence electrons.